The van der Waals surface area contributed by atoms with Crippen LogP contribution in [-0.4, -0.2) is 70.0 Å². The Bertz CT molecular complexity index is 1160. The van der Waals surface area contributed by atoms with Crippen LogP contribution in [0.5, 0.6) is 5.75 Å². The van der Waals surface area contributed by atoms with Gasteiger partial charge in [0.1, 0.15) is 11.8 Å². The van der Waals surface area contributed by atoms with E-state index in [4.69, 9.17) is 4.74 Å². The zero-order valence-corrected chi connectivity index (χ0v) is 23.4. The first-order valence-corrected chi connectivity index (χ1v) is 14.6. The summed E-state index contributed by atoms with van der Waals surface area (Å²) in [5, 5.41) is 24.4. The van der Waals surface area contributed by atoms with Crippen LogP contribution in [0.2, 0.25) is 0 Å². The number of ether oxygens (including phenoxy) is 1. The van der Waals surface area contributed by atoms with Crippen LogP contribution in [0, 0.1) is 18.8 Å². The highest BCUT2D eigenvalue weighted by Gasteiger charge is 2.41. The zero-order chi connectivity index (χ0) is 27.9. The maximum atomic E-state index is 13.4. The molecule has 1 heterocycles. The number of piperidine rings is 1. The third-order valence-electron chi connectivity index (χ3n) is 7.95. The van der Waals surface area contributed by atoms with E-state index in [-0.39, 0.29) is 12.5 Å². The standard InChI is InChI=1S/C30H38N2O6S/c1-19-24(13-8-14-28(19)38-20(2)33)29(35)31-25(18-39-23-11-4-3-5-12-23)27(34)17-32-16-22-10-7-6-9-21(22)15-26(32)30(36)37/h3-5,8,11-14,21-22,25-27,34H,6-7,9-10,15-18H2,1-2H3,(H,31,35)(H,36,37)/t21-,22+,25-,26-,27+/m0/s1. The number of carbonyl (C=O) groups excluding carboxylic acids is 2. The number of esters is 1. The van der Waals surface area contributed by atoms with Gasteiger partial charge < -0.3 is 20.3 Å². The van der Waals surface area contributed by atoms with Crippen molar-refractivity contribution in [3.8, 4) is 5.75 Å². The third-order valence-corrected chi connectivity index (χ3v) is 9.08. The molecule has 8 nitrogen and oxygen atoms in total. The Balaban J connectivity index is 1.52. The van der Waals surface area contributed by atoms with Gasteiger partial charge in [0.25, 0.3) is 5.91 Å². The van der Waals surface area contributed by atoms with Crippen LogP contribution in [0.15, 0.2) is 53.4 Å². The molecular weight excluding hydrogens is 516 g/mol. The summed E-state index contributed by atoms with van der Waals surface area (Å²) in [6.07, 6.45) is 4.09. The number of hydrogen-bond acceptors (Lipinski definition) is 7. The molecule has 0 radical (unpaired) electrons. The summed E-state index contributed by atoms with van der Waals surface area (Å²) >= 11 is 1.52. The van der Waals surface area contributed by atoms with Crippen LogP contribution >= 0.6 is 11.8 Å². The summed E-state index contributed by atoms with van der Waals surface area (Å²) in [7, 11) is 0. The minimum atomic E-state index is -0.982. The van der Waals surface area contributed by atoms with Crippen molar-refractivity contribution in [1.82, 2.24) is 10.2 Å². The molecule has 1 saturated heterocycles. The van der Waals surface area contributed by atoms with Gasteiger partial charge in [0.15, 0.2) is 0 Å². The molecule has 2 aliphatic rings. The number of aliphatic hydroxyl groups is 1. The normalized spacial score (nSPS) is 22.8. The van der Waals surface area contributed by atoms with E-state index >= 15 is 0 Å². The van der Waals surface area contributed by atoms with Crippen molar-refractivity contribution in [3.63, 3.8) is 0 Å². The van der Waals surface area contributed by atoms with Crippen LogP contribution < -0.4 is 10.1 Å². The molecule has 2 aromatic rings. The van der Waals surface area contributed by atoms with E-state index in [1.165, 1.54) is 18.7 Å². The summed E-state index contributed by atoms with van der Waals surface area (Å²) in [4.78, 5) is 40.0. The Morgan fingerprint density at radius 3 is 2.49 bits per heavy atom. The average molecular weight is 555 g/mol. The van der Waals surface area contributed by atoms with Gasteiger partial charge in [-0.2, -0.15) is 0 Å². The second-order valence-corrected chi connectivity index (χ2v) is 11.7. The van der Waals surface area contributed by atoms with Crippen molar-refractivity contribution < 1.29 is 29.3 Å². The topological polar surface area (TPSA) is 116 Å². The molecule has 0 aromatic heterocycles. The molecule has 3 N–H and O–H groups in total. The maximum Gasteiger partial charge on any atom is 0.320 e. The molecule has 5 atom stereocenters. The number of rotatable bonds is 10. The lowest BCUT2D eigenvalue weighted by molar-refractivity contribution is -0.148. The molecule has 39 heavy (non-hydrogen) atoms. The number of likely N-dealkylation sites (tertiary alicyclic amines) is 1. The predicted octanol–water partition coefficient (Wildman–Crippen LogP) is 4.14. The van der Waals surface area contributed by atoms with Crippen LogP contribution in [0.3, 0.4) is 0 Å². The monoisotopic (exact) mass is 554 g/mol. The highest BCUT2D eigenvalue weighted by Crippen LogP contribution is 2.38. The molecule has 4 rings (SSSR count). The number of nitrogens with one attached hydrogen (secondary N) is 1. The second kappa shape index (κ2) is 13.5. The number of thioether (sulfide) groups is 1. The predicted molar refractivity (Wildman–Crippen MR) is 150 cm³/mol. The summed E-state index contributed by atoms with van der Waals surface area (Å²) in [6, 6.07) is 13.4. The Morgan fingerprint density at radius 2 is 1.79 bits per heavy atom. The van der Waals surface area contributed by atoms with E-state index in [1.54, 1.807) is 25.1 Å². The molecular formula is C30H38N2O6S. The number of carbonyl (C=O) groups is 3. The van der Waals surface area contributed by atoms with Crippen molar-refractivity contribution in [3.05, 3.63) is 59.7 Å². The van der Waals surface area contributed by atoms with Crippen molar-refractivity contribution in [1.29, 1.82) is 0 Å². The van der Waals surface area contributed by atoms with Gasteiger partial charge in [0.2, 0.25) is 0 Å². The van der Waals surface area contributed by atoms with Gasteiger partial charge >= 0.3 is 11.9 Å². The Kier molecular flexibility index (Phi) is 10.0. The molecule has 1 amide bonds. The van der Waals surface area contributed by atoms with Gasteiger partial charge in [-0.1, -0.05) is 43.5 Å². The quantitative estimate of drug-likeness (QED) is 0.228. The highest BCUT2D eigenvalue weighted by molar-refractivity contribution is 7.99. The van der Waals surface area contributed by atoms with Gasteiger partial charge in [-0.25, -0.2) is 0 Å². The largest absolute Gasteiger partial charge is 0.480 e. The fourth-order valence-electron chi connectivity index (χ4n) is 5.85. The molecule has 1 aliphatic carbocycles. The van der Waals surface area contributed by atoms with Gasteiger partial charge in [-0.3, -0.25) is 19.3 Å². The number of aliphatic hydroxyl groups excluding tert-OH is 1. The lowest BCUT2D eigenvalue weighted by atomic mass is 9.73. The fraction of sp³-hybridized carbons (Fsp3) is 0.500. The van der Waals surface area contributed by atoms with E-state index in [0.717, 1.165) is 30.6 Å². The van der Waals surface area contributed by atoms with Gasteiger partial charge in [-0.15, -0.1) is 11.8 Å². The van der Waals surface area contributed by atoms with Crippen molar-refractivity contribution in [2.75, 3.05) is 18.8 Å². The molecule has 1 aliphatic heterocycles. The number of carboxylic acids is 1. The summed E-state index contributed by atoms with van der Waals surface area (Å²) in [5.41, 5.74) is 0.876. The number of amides is 1. The lowest BCUT2D eigenvalue weighted by Crippen LogP contribution is -2.57. The Hall–Kier alpha value is -2.88. The van der Waals surface area contributed by atoms with Crippen molar-refractivity contribution >= 4 is 29.6 Å². The van der Waals surface area contributed by atoms with Crippen molar-refractivity contribution in [2.45, 2.75) is 69.0 Å². The third kappa shape index (κ3) is 7.62. The number of hydrogen-bond donors (Lipinski definition) is 3. The van der Waals surface area contributed by atoms with E-state index < -0.39 is 30.1 Å². The van der Waals surface area contributed by atoms with Crippen LogP contribution in [-0.2, 0) is 9.59 Å². The summed E-state index contributed by atoms with van der Waals surface area (Å²) in [6.45, 7) is 3.82. The van der Waals surface area contributed by atoms with Crippen LogP contribution in [0.4, 0.5) is 0 Å². The SMILES string of the molecule is CC(=O)Oc1cccc(C(=O)N[C@@H](CSc2ccccc2)[C@H](O)CN2C[C@H]3CCCC[C@H]3C[C@H]2C(=O)O)c1C. The molecule has 2 aromatic carbocycles. The molecule has 0 spiro atoms. The number of fused-ring (bicyclic) bond motifs is 1. The average Bonchev–Trinajstić information content (AvgIpc) is 2.91. The first-order chi connectivity index (χ1) is 18.7. The van der Waals surface area contributed by atoms with Gasteiger partial charge in [-0.05, 0) is 55.9 Å². The van der Waals surface area contributed by atoms with Crippen molar-refractivity contribution in [2.24, 2.45) is 11.8 Å². The molecule has 1 saturated carbocycles. The second-order valence-electron chi connectivity index (χ2n) is 10.6. The Labute approximate surface area is 234 Å². The first kappa shape index (κ1) is 29.1. The number of β-amino-alcohol motifs (C(OH)–C–C–N with tert-alkyl or cyclic N) is 1. The molecule has 0 bridgehead atoms. The molecule has 2 fully saturated rings. The van der Waals surface area contributed by atoms with Crippen LogP contribution in [0.1, 0.15) is 54.9 Å². The summed E-state index contributed by atoms with van der Waals surface area (Å²) in [5.74, 6) is -0.145. The van der Waals surface area contributed by atoms with Gasteiger partial charge in [0.05, 0.1) is 12.1 Å². The van der Waals surface area contributed by atoms with Crippen LogP contribution in [0.25, 0.3) is 0 Å². The Morgan fingerprint density at radius 1 is 1.08 bits per heavy atom. The van der Waals surface area contributed by atoms with E-state index in [2.05, 4.69) is 5.32 Å². The summed E-state index contributed by atoms with van der Waals surface area (Å²) < 4.78 is 5.24. The number of benzene rings is 2. The highest BCUT2D eigenvalue weighted by atomic mass is 32.2. The number of nitrogens with zero attached hydrogens (tertiary/aromatic N) is 1. The minimum Gasteiger partial charge on any atom is -0.480 e. The smallest absolute Gasteiger partial charge is 0.320 e. The molecule has 210 valence electrons. The van der Waals surface area contributed by atoms with E-state index in [9.17, 15) is 24.6 Å². The zero-order valence-electron chi connectivity index (χ0n) is 22.5. The van der Waals surface area contributed by atoms with E-state index in [1.807, 2.05) is 35.2 Å². The first-order valence-electron chi connectivity index (χ1n) is 13.6. The molecule has 0 unspecified atom stereocenters. The fourth-order valence-corrected chi connectivity index (χ4v) is 6.88. The maximum absolute atomic E-state index is 13.4. The minimum absolute atomic E-state index is 0.160. The number of carboxylic acid groups (broad SMARTS) is 1. The van der Waals surface area contributed by atoms with Gasteiger partial charge in [0, 0.05) is 41.8 Å². The molecule has 9 heteroatoms. The number of aliphatic carboxylic acids is 1. The van der Waals surface area contributed by atoms with E-state index in [0.29, 0.717) is 47.4 Å². The lowest BCUT2D eigenvalue weighted by Gasteiger charge is -2.45.